The molecule has 0 aliphatic carbocycles. The summed E-state index contributed by atoms with van der Waals surface area (Å²) in [6.45, 7) is 5.53. The van der Waals surface area contributed by atoms with E-state index in [2.05, 4.69) is 6.92 Å². The van der Waals surface area contributed by atoms with E-state index in [4.69, 9.17) is 0 Å². The van der Waals surface area contributed by atoms with Crippen molar-refractivity contribution >= 4 is 5.97 Å². The molecule has 0 unspecified atom stereocenters. The lowest BCUT2D eigenvalue weighted by molar-refractivity contribution is -0.299. The Morgan fingerprint density at radius 2 is 1.91 bits per heavy atom. The summed E-state index contributed by atoms with van der Waals surface area (Å²) in [6.07, 6.45) is 3.02. The molecule has 0 saturated carbocycles. The van der Waals surface area contributed by atoms with Gasteiger partial charge in [-0.05, 0) is 32.3 Å². The van der Waals surface area contributed by atoms with Gasteiger partial charge in [0.1, 0.15) is 0 Å². The fraction of sp³-hybridized carbons (Fsp3) is 0.667. The van der Waals surface area contributed by atoms with Gasteiger partial charge in [-0.3, -0.25) is 0 Å². The third kappa shape index (κ3) is 3.81. The molecule has 0 amide bonds. The van der Waals surface area contributed by atoms with Crippen LogP contribution >= 0.6 is 0 Å². The second-order valence-corrected chi connectivity index (χ2v) is 2.80. The predicted molar refractivity (Wildman–Crippen MR) is 42.9 cm³/mol. The summed E-state index contributed by atoms with van der Waals surface area (Å²) in [6, 6.07) is 0. The van der Waals surface area contributed by atoms with Crippen molar-refractivity contribution in [2.75, 3.05) is 0 Å². The minimum Gasteiger partial charge on any atom is -0.545 e. The molecule has 0 bridgehead atoms. The minimum absolute atomic E-state index is 0.387. The third-order valence-corrected chi connectivity index (χ3v) is 1.85. The van der Waals surface area contributed by atoms with E-state index in [1.165, 1.54) is 0 Å². The lowest BCUT2D eigenvalue weighted by Crippen LogP contribution is -2.23. The van der Waals surface area contributed by atoms with Gasteiger partial charge in [-0.25, -0.2) is 0 Å². The van der Waals surface area contributed by atoms with Gasteiger partial charge < -0.3 is 9.90 Å². The molecule has 0 aliphatic rings. The van der Waals surface area contributed by atoms with Crippen LogP contribution in [0.1, 0.15) is 40.0 Å². The molecule has 0 aromatic heterocycles. The van der Waals surface area contributed by atoms with E-state index in [1.807, 2.05) is 6.92 Å². The van der Waals surface area contributed by atoms with Crippen LogP contribution in [0.4, 0.5) is 0 Å². The van der Waals surface area contributed by atoms with E-state index in [0.717, 1.165) is 24.8 Å². The number of aliphatic carboxylic acids is 1. The first-order valence-electron chi connectivity index (χ1n) is 3.97. The number of allylic oxidation sites excluding steroid dienone is 1. The van der Waals surface area contributed by atoms with Crippen LogP contribution in [0.5, 0.6) is 0 Å². The number of carbonyl (C=O) groups excluding carboxylic acids is 1. The number of unbranched alkanes of at least 4 members (excludes halogenated alkanes) is 1. The smallest absolute Gasteiger partial charge is 0.0671 e. The fourth-order valence-electron chi connectivity index (χ4n) is 0.804. The molecule has 0 rings (SSSR count). The third-order valence-electron chi connectivity index (χ3n) is 1.85. The van der Waals surface area contributed by atoms with Gasteiger partial charge in [0.15, 0.2) is 0 Å². The summed E-state index contributed by atoms with van der Waals surface area (Å²) < 4.78 is 0. The van der Waals surface area contributed by atoms with Crippen LogP contribution in [-0.2, 0) is 4.79 Å². The van der Waals surface area contributed by atoms with Gasteiger partial charge in [-0.1, -0.05) is 18.9 Å². The molecule has 2 heteroatoms. The van der Waals surface area contributed by atoms with Crippen LogP contribution in [0, 0.1) is 0 Å². The number of carbonyl (C=O) groups is 1. The molecule has 2 nitrogen and oxygen atoms in total. The van der Waals surface area contributed by atoms with Gasteiger partial charge in [-0.2, -0.15) is 0 Å². The molecule has 0 heterocycles. The molecule has 0 fully saturated rings. The van der Waals surface area contributed by atoms with Crippen LogP contribution < -0.4 is 5.11 Å². The Balaban J connectivity index is 4.05. The van der Waals surface area contributed by atoms with E-state index >= 15 is 0 Å². The average Bonchev–Trinajstić information content (AvgIpc) is 1.98. The summed E-state index contributed by atoms with van der Waals surface area (Å²) in [4.78, 5) is 10.3. The van der Waals surface area contributed by atoms with E-state index in [-0.39, 0.29) is 0 Å². The second-order valence-electron chi connectivity index (χ2n) is 2.80. The standard InChI is InChI=1S/C9H16O2/c1-4-5-6-7(2)8(3)9(10)11/h4-6H2,1-3H3,(H,10,11)/p-1/b8-7+. The summed E-state index contributed by atoms with van der Waals surface area (Å²) in [7, 11) is 0. The second kappa shape index (κ2) is 4.94. The Labute approximate surface area is 67.9 Å². The Kier molecular flexibility index (Phi) is 4.59. The molecule has 0 aromatic carbocycles. The summed E-state index contributed by atoms with van der Waals surface area (Å²) in [5.74, 6) is -1.04. The van der Waals surface area contributed by atoms with Crippen LogP contribution in [0.25, 0.3) is 0 Å². The maximum atomic E-state index is 10.3. The first kappa shape index (κ1) is 10.2. The highest BCUT2D eigenvalue weighted by atomic mass is 16.4. The van der Waals surface area contributed by atoms with E-state index < -0.39 is 5.97 Å². The zero-order valence-electron chi connectivity index (χ0n) is 7.44. The van der Waals surface area contributed by atoms with Crippen molar-refractivity contribution in [2.24, 2.45) is 0 Å². The SMILES string of the molecule is CCCC/C(C)=C(\C)C(=O)[O-]. The van der Waals surface area contributed by atoms with Gasteiger partial charge in [0, 0.05) is 0 Å². The highest BCUT2D eigenvalue weighted by Crippen LogP contribution is 2.10. The molecule has 0 aromatic rings. The number of hydrogen-bond acceptors (Lipinski definition) is 2. The van der Waals surface area contributed by atoms with Gasteiger partial charge in [0.25, 0.3) is 0 Å². The lowest BCUT2D eigenvalue weighted by Gasteiger charge is -2.07. The van der Waals surface area contributed by atoms with Crippen molar-refractivity contribution in [3.63, 3.8) is 0 Å². The maximum Gasteiger partial charge on any atom is 0.0671 e. The monoisotopic (exact) mass is 155 g/mol. The number of hydrogen-bond donors (Lipinski definition) is 0. The van der Waals surface area contributed by atoms with Crippen molar-refractivity contribution in [1.29, 1.82) is 0 Å². The Morgan fingerprint density at radius 3 is 2.27 bits per heavy atom. The molecule has 0 N–H and O–H groups in total. The lowest BCUT2D eigenvalue weighted by atomic mass is 10.1. The molecule has 64 valence electrons. The van der Waals surface area contributed by atoms with E-state index in [0.29, 0.717) is 5.57 Å². The largest absolute Gasteiger partial charge is 0.545 e. The summed E-state index contributed by atoms with van der Waals surface area (Å²) in [5, 5.41) is 10.3. The van der Waals surface area contributed by atoms with Crippen LogP contribution in [0.15, 0.2) is 11.1 Å². The van der Waals surface area contributed by atoms with E-state index in [1.54, 1.807) is 6.92 Å². The molecule has 0 radical (unpaired) electrons. The minimum atomic E-state index is -1.04. The molecule has 0 spiro atoms. The summed E-state index contributed by atoms with van der Waals surface area (Å²) in [5.41, 5.74) is 1.32. The normalized spacial score (nSPS) is 12.6. The topological polar surface area (TPSA) is 40.1 Å². The first-order valence-corrected chi connectivity index (χ1v) is 3.97. The van der Waals surface area contributed by atoms with Crippen LogP contribution in [0.2, 0.25) is 0 Å². The Bertz CT molecular complexity index is 168. The number of rotatable bonds is 4. The zero-order valence-corrected chi connectivity index (χ0v) is 7.44. The number of carboxylic acid groups (broad SMARTS) is 1. The fourth-order valence-corrected chi connectivity index (χ4v) is 0.804. The van der Waals surface area contributed by atoms with Crippen LogP contribution in [-0.4, -0.2) is 5.97 Å². The van der Waals surface area contributed by atoms with Gasteiger partial charge in [-0.15, -0.1) is 0 Å². The molecular formula is C9H15O2-. The highest BCUT2D eigenvalue weighted by molar-refractivity contribution is 5.84. The molecule has 11 heavy (non-hydrogen) atoms. The highest BCUT2D eigenvalue weighted by Gasteiger charge is 1.96. The van der Waals surface area contributed by atoms with Crippen molar-refractivity contribution < 1.29 is 9.90 Å². The molecule has 0 atom stereocenters. The van der Waals surface area contributed by atoms with Gasteiger partial charge >= 0.3 is 0 Å². The molecule has 0 aliphatic heterocycles. The van der Waals surface area contributed by atoms with E-state index in [9.17, 15) is 9.90 Å². The van der Waals surface area contributed by atoms with Crippen molar-refractivity contribution in [3.8, 4) is 0 Å². The number of carboxylic acids is 1. The van der Waals surface area contributed by atoms with Crippen molar-refractivity contribution in [2.45, 2.75) is 40.0 Å². The molecule has 0 saturated heterocycles. The van der Waals surface area contributed by atoms with Gasteiger partial charge in [0.2, 0.25) is 0 Å². The Hall–Kier alpha value is -0.790. The predicted octanol–water partition coefficient (Wildman–Crippen LogP) is 1.26. The van der Waals surface area contributed by atoms with Gasteiger partial charge in [0.05, 0.1) is 5.97 Å². The van der Waals surface area contributed by atoms with Crippen molar-refractivity contribution in [1.82, 2.24) is 0 Å². The Morgan fingerprint density at radius 1 is 1.36 bits per heavy atom. The first-order chi connectivity index (χ1) is 5.09. The zero-order chi connectivity index (χ0) is 8.85. The van der Waals surface area contributed by atoms with Crippen molar-refractivity contribution in [3.05, 3.63) is 11.1 Å². The average molecular weight is 155 g/mol. The van der Waals surface area contributed by atoms with Crippen LogP contribution in [0.3, 0.4) is 0 Å². The quantitative estimate of drug-likeness (QED) is 0.573. The maximum absolute atomic E-state index is 10.3. The summed E-state index contributed by atoms with van der Waals surface area (Å²) >= 11 is 0. The molecular weight excluding hydrogens is 140 g/mol.